The zero-order chi connectivity index (χ0) is 14.7. The third-order valence-corrected chi connectivity index (χ3v) is 5.70. The normalized spacial score (nSPS) is 11.4. The summed E-state index contributed by atoms with van der Waals surface area (Å²) >= 11 is 1.31. The fourth-order valence-electron chi connectivity index (χ4n) is 1.88. The third kappa shape index (κ3) is 3.17. The van der Waals surface area contributed by atoms with Gasteiger partial charge in [0.2, 0.25) is 0 Å². The van der Waals surface area contributed by atoms with Gasteiger partial charge in [0, 0.05) is 5.56 Å². The molecule has 4 nitrogen and oxygen atoms in total. The van der Waals surface area contributed by atoms with Gasteiger partial charge in [0.1, 0.15) is 15.8 Å². The molecule has 0 saturated heterocycles. The number of hydrogen-bond acceptors (Lipinski definition) is 5. The van der Waals surface area contributed by atoms with Crippen molar-refractivity contribution in [3.63, 3.8) is 0 Å². The molecule has 0 atom stereocenters. The predicted molar refractivity (Wildman–Crippen MR) is 82.7 cm³/mol. The van der Waals surface area contributed by atoms with Crippen LogP contribution < -0.4 is 0 Å². The molecule has 0 bridgehead atoms. The van der Waals surface area contributed by atoms with Gasteiger partial charge in [-0.1, -0.05) is 59.9 Å². The van der Waals surface area contributed by atoms with E-state index in [0.29, 0.717) is 9.90 Å². The Kier molecular flexibility index (Phi) is 3.81. The first-order chi connectivity index (χ1) is 10.1. The molecule has 1 aromatic heterocycles. The Balaban J connectivity index is 1.85. The van der Waals surface area contributed by atoms with Crippen LogP contribution in [-0.2, 0) is 15.6 Å². The van der Waals surface area contributed by atoms with E-state index in [2.05, 4.69) is 10.2 Å². The van der Waals surface area contributed by atoms with Crippen molar-refractivity contribution in [3.05, 3.63) is 65.7 Å². The lowest BCUT2D eigenvalue weighted by molar-refractivity contribution is 0.595. The first-order valence-electron chi connectivity index (χ1n) is 6.31. The molecular weight excluding hydrogens is 304 g/mol. The molecule has 2 aromatic carbocycles. The van der Waals surface area contributed by atoms with Crippen LogP contribution in [0.4, 0.5) is 0 Å². The van der Waals surface area contributed by atoms with Crippen molar-refractivity contribution in [2.24, 2.45) is 0 Å². The van der Waals surface area contributed by atoms with Crippen LogP contribution in [0, 0.1) is 0 Å². The summed E-state index contributed by atoms with van der Waals surface area (Å²) in [6.07, 6.45) is 0. The van der Waals surface area contributed by atoms with Crippen LogP contribution in [0.5, 0.6) is 0 Å². The van der Waals surface area contributed by atoms with E-state index in [1.807, 2.05) is 30.3 Å². The number of rotatable bonds is 4. The Bertz CT molecular complexity index is 828. The van der Waals surface area contributed by atoms with Crippen LogP contribution >= 0.6 is 11.3 Å². The first kappa shape index (κ1) is 13.9. The van der Waals surface area contributed by atoms with Gasteiger partial charge in [0.05, 0.1) is 4.90 Å². The van der Waals surface area contributed by atoms with Crippen molar-refractivity contribution < 1.29 is 8.42 Å². The van der Waals surface area contributed by atoms with Gasteiger partial charge in [-0.15, -0.1) is 10.2 Å². The van der Waals surface area contributed by atoms with Crippen molar-refractivity contribution in [1.82, 2.24) is 10.2 Å². The van der Waals surface area contributed by atoms with E-state index in [1.54, 1.807) is 30.3 Å². The summed E-state index contributed by atoms with van der Waals surface area (Å²) in [6, 6.07) is 18.0. The first-order valence-corrected chi connectivity index (χ1v) is 8.78. The molecule has 6 heteroatoms. The van der Waals surface area contributed by atoms with Crippen LogP contribution in [0.2, 0.25) is 0 Å². The maximum atomic E-state index is 12.3. The summed E-state index contributed by atoms with van der Waals surface area (Å²) in [5.74, 6) is -0.123. The van der Waals surface area contributed by atoms with Crippen molar-refractivity contribution in [1.29, 1.82) is 0 Å². The highest BCUT2D eigenvalue weighted by Crippen LogP contribution is 2.25. The summed E-state index contributed by atoms with van der Waals surface area (Å²) in [7, 11) is -3.37. The van der Waals surface area contributed by atoms with Gasteiger partial charge in [-0.2, -0.15) is 0 Å². The Morgan fingerprint density at radius 3 is 2.14 bits per heavy atom. The molecule has 21 heavy (non-hydrogen) atoms. The molecule has 0 aliphatic heterocycles. The van der Waals surface area contributed by atoms with Gasteiger partial charge >= 0.3 is 0 Å². The van der Waals surface area contributed by atoms with E-state index in [4.69, 9.17) is 0 Å². The summed E-state index contributed by atoms with van der Waals surface area (Å²) in [6.45, 7) is 0. The number of sulfone groups is 1. The van der Waals surface area contributed by atoms with E-state index in [-0.39, 0.29) is 5.75 Å². The Hall–Kier alpha value is -2.05. The molecule has 1 heterocycles. The number of benzene rings is 2. The molecule has 0 unspecified atom stereocenters. The minimum absolute atomic E-state index is 0.123. The summed E-state index contributed by atoms with van der Waals surface area (Å²) < 4.78 is 24.6. The smallest absolute Gasteiger partial charge is 0.184 e. The lowest BCUT2D eigenvalue weighted by Crippen LogP contribution is -2.04. The summed E-state index contributed by atoms with van der Waals surface area (Å²) in [5, 5.41) is 9.29. The van der Waals surface area contributed by atoms with Gasteiger partial charge in [0.15, 0.2) is 9.84 Å². The Morgan fingerprint density at radius 1 is 0.857 bits per heavy atom. The van der Waals surface area contributed by atoms with Crippen LogP contribution in [-0.4, -0.2) is 18.6 Å². The molecule has 0 saturated carbocycles. The van der Waals surface area contributed by atoms with Gasteiger partial charge in [0.25, 0.3) is 0 Å². The second-order valence-electron chi connectivity index (χ2n) is 4.44. The molecule has 106 valence electrons. The lowest BCUT2D eigenvalue weighted by Gasteiger charge is -2.00. The number of hydrogen-bond donors (Lipinski definition) is 0. The van der Waals surface area contributed by atoms with Crippen molar-refractivity contribution >= 4 is 21.2 Å². The van der Waals surface area contributed by atoms with Gasteiger partial charge < -0.3 is 0 Å². The third-order valence-electron chi connectivity index (χ3n) is 2.90. The molecule has 0 N–H and O–H groups in total. The van der Waals surface area contributed by atoms with Crippen molar-refractivity contribution in [3.8, 4) is 10.6 Å². The van der Waals surface area contributed by atoms with Gasteiger partial charge in [-0.3, -0.25) is 0 Å². The molecule has 0 fully saturated rings. The van der Waals surface area contributed by atoms with Crippen molar-refractivity contribution in [2.45, 2.75) is 10.6 Å². The minimum Gasteiger partial charge on any atom is -0.223 e. The fourth-order valence-corrected chi connectivity index (χ4v) is 4.35. The molecule has 0 spiro atoms. The van der Waals surface area contributed by atoms with E-state index in [9.17, 15) is 8.42 Å². The standard InChI is InChI=1S/C15H12N2O2S2/c18-21(19,13-9-5-2-6-10-13)11-14-16-17-15(20-14)12-7-3-1-4-8-12/h1-10H,11H2. The molecule has 0 radical (unpaired) electrons. The molecule has 0 aliphatic rings. The molecule has 0 aliphatic carbocycles. The zero-order valence-corrected chi connectivity index (χ0v) is 12.6. The second kappa shape index (κ2) is 5.75. The second-order valence-corrected chi connectivity index (χ2v) is 7.49. The summed E-state index contributed by atoms with van der Waals surface area (Å²) in [4.78, 5) is 0.307. The predicted octanol–water partition coefficient (Wildman–Crippen LogP) is 3.18. The molecule has 3 rings (SSSR count). The Morgan fingerprint density at radius 2 is 1.48 bits per heavy atom. The highest BCUT2D eigenvalue weighted by molar-refractivity contribution is 7.90. The van der Waals surface area contributed by atoms with Crippen LogP contribution in [0.1, 0.15) is 5.01 Å². The maximum absolute atomic E-state index is 12.3. The highest BCUT2D eigenvalue weighted by Gasteiger charge is 2.18. The number of nitrogens with zero attached hydrogens (tertiary/aromatic N) is 2. The fraction of sp³-hybridized carbons (Fsp3) is 0.0667. The van der Waals surface area contributed by atoms with E-state index in [1.165, 1.54) is 11.3 Å². The lowest BCUT2D eigenvalue weighted by atomic mass is 10.2. The zero-order valence-electron chi connectivity index (χ0n) is 11.0. The van der Waals surface area contributed by atoms with E-state index in [0.717, 1.165) is 10.6 Å². The highest BCUT2D eigenvalue weighted by atomic mass is 32.2. The van der Waals surface area contributed by atoms with E-state index < -0.39 is 9.84 Å². The number of aromatic nitrogens is 2. The quantitative estimate of drug-likeness (QED) is 0.742. The molecular formula is C15H12N2O2S2. The average molecular weight is 316 g/mol. The minimum atomic E-state index is -3.37. The largest absolute Gasteiger partial charge is 0.223 e. The van der Waals surface area contributed by atoms with Crippen LogP contribution in [0.25, 0.3) is 10.6 Å². The maximum Gasteiger partial charge on any atom is 0.184 e. The SMILES string of the molecule is O=S(=O)(Cc1nnc(-c2ccccc2)s1)c1ccccc1. The Labute approximate surface area is 127 Å². The van der Waals surface area contributed by atoms with E-state index >= 15 is 0 Å². The monoisotopic (exact) mass is 316 g/mol. The van der Waals surface area contributed by atoms with Crippen molar-refractivity contribution in [2.75, 3.05) is 0 Å². The topological polar surface area (TPSA) is 59.9 Å². The van der Waals surface area contributed by atoms with Gasteiger partial charge in [-0.05, 0) is 12.1 Å². The molecule has 3 aromatic rings. The van der Waals surface area contributed by atoms with Crippen LogP contribution in [0.15, 0.2) is 65.6 Å². The van der Waals surface area contributed by atoms with Gasteiger partial charge in [-0.25, -0.2) is 8.42 Å². The average Bonchev–Trinajstić information content (AvgIpc) is 2.97. The van der Waals surface area contributed by atoms with Crippen LogP contribution in [0.3, 0.4) is 0 Å². The molecule has 0 amide bonds. The summed E-state index contributed by atoms with van der Waals surface area (Å²) in [5.41, 5.74) is 0.943.